The van der Waals surface area contributed by atoms with E-state index in [9.17, 15) is 22.0 Å². The number of hydrogen-bond acceptors (Lipinski definition) is 0. The summed E-state index contributed by atoms with van der Waals surface area (Å²) in [5.74, 6) is -0.894. The molecule has 0 N–H and O–H groups in total. The number of alkyl halides is 3. The van der Waals surface area contributed by atoms with Crippen LogP contribution in [0.4, 0.5) is 22.0 Å². The van der Waals surface area contributed by atoms with Gasteiger partial charge in [-0.2, -0.15) is 13.2 Å². The van der Waals surface area contributed by atoms with Crippen LogP contribution in [-0.4, -0.2) is 0 Å². The van der Waals surface area contributed by atoms with Crippen LogP contribution in [0.2, 0.25) is 0 Å². The van der Waals surface area contributed by atoms with E-state index in [4.69, 9.17) is 0 Å². The highest BCUT2D eigenvalue weighted by molar-refractivity contribution is 5.31. The molecule has 2 saturated carbocycles. The normalized spacial score (nSPS) is 28.8. The third-order valence-corrected chi connectivity index (χ3v) is 6.88. The summed E-state index contributed by atoms with van der Waals surface area (Å²) < 4.78 is 65.9. The van der Waals surface area contributed by atoms with Crippen LogP contribution in [0.15, 0.2) is 24.3 Å². The maximum Gasteiger partial charge on any atom is 0.422 e. The molecule has 3 rings (SSSR count). The molecular weight excluding hydrogens is 383 g/mol. The molecule has 162 valence electrons. The molecule has 2 fully saturated rings. The molecule has 5 heteroatoms. The Labute approximate surface area is 170 Å². The van der Waals surface area contributed by atoms with Crippen LogP contribution in [0.25, 0.3) is 0 Å². The lowest BCUT2D eigenvalue weighted by Gasteiger charge is -2.28. The van der Waals surface area contributed by atoms with Crippen molar-refractivity contribution in [2.45, 2.75) is 83.2 Å². The summed E-state index contributed by atoms with van der Waals surface area (Å²) in [4.78, 5) is 0. The smallest absolute Gasteiger partial charge is 0.206 e. The molecule has 0 bridgehead atoms. The van der Waals surface area contributed by atoms with Crippen molar-refractivity contribution in [2.24, 2.45) is 17.8 Å². The highest BCUT2D eigenvalue weighted by Gasteiger charge is 2.38. The topological polar surface area (TPSA) is 0 Å². The molecule has 0 radical (unpaired) electrons. The van der Waals surface area contributed by atoms with E-state index >= 15 is 0 Å². The maximum atomic E-state index is 13.8. The van der Waals surface area contributed by atoms with Gasteiger partial charge in [-0.15, -0.1) is 0 Å². The molecule has 1 aromatic rings. The Hall–Kier alpha value is -1.39. The van der Waals surface area contributed by atoms with Crippen LogP contribution < -0.4 is 0 Å². The van der Waals surface area contributed by atoms with Gasteiger partial charge >= 0.3 is 6.18 Å². The third kappa shape index (κ3) is 6.05. The van der Waals surface area contributed by atoms with Gasteiger partial charge in [-0.3, -0.25) is 0 Å². The lowest BCUT2D eigenvalue weighted by molar-refractivity contribution is -0.142. The highest BCUT2D eigenvalue weighted by Crippen LogP contribution is 2.40. The first-order valence-electron chi connectivity index (χ1n) is 11.0. The third-order valence-electron chi connectivity index (χ3n) is 6.88. The van der Waals surface area contributed by atoms with Crippen molar-refractivity contribution in [2.75, 3.05) is 0 Å². The zero-order valence-electron chi connectivity index (χ0n) is 17.1. The molecule has 29 heavy (non-hydrogen) atoms. The highest BCUT2D eigenvalue weighted by atomic mass is 19.4. The predicted octanol–water partition coefficient (Wildman–Crippen LogP) is 8.42. The average molecular weight is 415 g/mol. The molecule has 2 aliphatic rings. The molecule has 0 spiro atoms. The Morgan fingerprint density at radius 1 is 0.897 bits per heavy atom. The monoisotopic (exact) mass is 414 g/mol. The molecule has 0 aromatic heterocycles. The standard InChI is InChI=1S/C24H31F5/c1-16-6-8-17(9-7-16)4-2-3-5-18-10-12-19(13-11-18)20-14-21(25)23(22(26)15-20)24(27,28)29/h3,5,14-19H,2,4,6-13H2,1H3/b5-3+. The molecule has 0 atom stereocenters. The second kappa shape index (κ2) is 9.61. The van der Waals surface area contributed by atoms with E-state index in [1.54, 1.807) is 0 Å². The van der Waals surface area contributed by atoms with E-state index in [-0.39, 0.29) is 5.92 Å². The molecule has 2 aliphatic carbocycles. The summed E-state index contributed by atoms with van der Waals surface area (Å²) in [6, 6.07) is 1.75. The molecule has 0 saturated heterocycles. The van der Waals surface area contributed by atoms with Crippen LogP contribution in [0.5, 0.6) is 0 Å². The fourth-order valence-corrected chi connectivity index (χ4v) is 4.98. The zero-order valence-corrected chi connectivity index (χ0v) is 17.1. The Morgan fingerprint density at radius 2 is 1.48 bits per heavy atom. The van der Waals surface area contributed by atoms with Crippen molar-refractivity contribution in [3.05, 3.63) is 47.0 Å². The molecule has 0 nitrogen and oxygen atoms in total. The summed E-state index contributed by atoms with van der Waals surface area (Å²) >= 11 is 0. The predicted molar refractivity (Wildman–Crippen MR) is 106 cm³/mol. The summed E-state index contributed by atoms with van der Waals surface area (Å²) in [7, 11) is 0. The lowest BCUT2D eigenvalue weighted by atomic mass is 9.78. The zero-order chi connectivity index (χ0) is 21.0. The molecular formula is C24H31F5. The second-order valence-corrected chi connectivity index (χ2v) is 9.10. The minimum atomic E-state index is -5.01. The SMILES string of the molecule is CC1CCC(CC/C=C/C2CCC(c3cc(F)c(C(F)(F)F)c(F)c3)CC2)CC1. The van der Waals surface area contributed by atoms with Crippen molar-refractivity contribution >= 4 is 0 Å². The van der Waals surface area contributed by atoms with Crippen LogP contribution in [0, 0.1) is 29.4 Å². The van der Waals surface area contributed by atoms with Crippen molar-refractivity contribution in [1.82, 2.24) is 0 Å². The van der Waals surface area contributed by atoms with Gasteiger partial charge in [0.25, 0.3) is 0 Å². The van der Waals surface area contributed by atoms with E-state index in [0.29, 0.717) is 11.5 Å². The maximum absolute atomic E-state index is 13.8. The van der Waals surface area contributed by atoms with Crippen LogP contribution in [0.1, 0.15) is 88.2 Å². The minimum absolute atomic E-state index is 0.0739. The fraction of sp³-hybridized carbons (Fsp3) is 0.667. The van der Waals surface area contributed by atoms with Crippen molar-refractivity contribution in [3.8, 4) is 0 Å². The fourth-order valence-electron chi connectivity index (χ4n) is 4.98. The van der Waals surface area contributed by atoms with Crippen molar-refractivity contribution in [1.29, 1.82) is 0 Å². The average Bonchev–Trinajstić information content (AvgIpc) is 2.65. The number of allylic oxidation sites excluding steroid dienone is 2. The number of hydrogen-bond donors (Lipinski definition) is 0. The first-order chi connectivity index (χ1) is 13.7. The van der Waals surface area contributed by atoms with Gasteiger partial charge in [0, 0.05) is 0 Å². The Kier molecular flexibility index (Phi) is 7.39. The Bertz CT molecular complexity index is 667. The van der Waals surface area contributed by atoms with E-state index in [1.165, 1.54) is 32.1 Å². The lowest BCUT2D eigenvalue weighted by Crippen LogP contribution is -2.15. The van der Waals surface area contributed by atoms with Gasteiger partial charge in [-0.05, 0) is 79.9 Å². The quantitative estimate of drug-likeness (QED) is 0.335. The van der Waals surface area contributed by atoms with Gasteiger partial charge in [0.15, 0.2) is 0 Å². The molecule has 0 amide bonds. The van der Waals surface area contributed by atoms with Crippen molar-refractivity contribution < 1.29 is 22.0 Å². The second-order valence-electron chi connectivity index (χ2n) is 9.10. The van der Waals surface area contributed by atoms with Gasteiger partial charge in [0.05, 0.1) is 0 Å². The summed E-state index contributed by atoms with van der Waals surface area (Å²) in [6.07, 6.45) is 10.6. The molecule has 0 unspecified atom stereocenters. The van der Waals surface area contributed by atoms with Gasteiger partial charge in [0.2, 0.25) is 0 Å². The minimum Gasteiger partial charge on any atom is -0.206 e. The van der Waals surface area contributed by atoms with Crippen LogP contribution >= 0.6 is 0 Å². The van der Waals surface area contributed by atoms with Gasteiger partial charge < -0.3 is 0 Å². The van der Waals surface area contributed by atoms with E-state index in [2.05, 4.69) is 19.1 Å². The van der Waals surface area contributed by atoms with E-state index < -0.39 is 23.4 Å². The summed E-state index contributed by atoms with van der Waals surface area (Å²) in [5, 5.41) is 0. The van der Waals surface area contributed by atoms with Gasteiger partial charge in [-0.25, -0.2) is 8.78 Å². The summed E-state index contributed by atoms with van der Waals surface area (Å²) in [5.41, 5.74) is -1.44. The number of halogens is 5. The Morgan fingerprint density at radius 3 is 2.03 bits per heavy atom. The number of rotatable bonds is 5. The molecule has 0 aliphatic heterocycles. The Balaban J connectivity index is 1.47. The van der Waals surface area contributed by atoms with Crippen LogP contribution in [-0.2, 0) is 6.18 Å². The van der Waals surface area contributed by atoms with Gasteiger partial charge in [0.1, 0.15) is 17.2 Å². The number of benzene rings is 1. The first kappa shape index (κ1) is 22.3. The largest absolute Gasteiger partial charge is 0.422 e. The van der Waals surface area contributed by atoms with Gasteiger partial charge in [-0.1, -0.05) is 44.8 Å². The summed E-state index contributed by atoms with van der Waals surface area (Å²) in [6.45, 7) is 2.33. The van der Waals surface area contributed by atoms with E-state index in [0.717, 1.165) is 56.1 Å². The van der Waals surface area contributed by atoms with Crippen LogP contribution in [0.3, 0.4) is 0 Å². The van der Waals surface area contributed by atoms with E-state index in [1.807, 2.05) is 0 Å². The van der Waals surface area contributed by atoms with Crippen molar-refractivity contribution in [3.63, 3.8) is 0 Å². The molecule has 1 aromatic carbocycles. The molecule has 0 heterocycles. The first-order valence-corrected chi connectivity index (χ1v) is 11.0.